The number of hydrogen-bond acceptors (Lipinski definition) is 2. The molecule has 0 aliphatic rings. The normalized spacial score (nSPS) is 10.3. The predicted molar refractivity (Wildman–Crippen MR) is 84.3 cm³/mol. The van der Waals surface area contributed by atoms with Crippen molar-refractivity contribution in [3.05, 3.63) is 58.6 Å². The van der Waals surface area contributed by atoms with Crippen LogP contribution >= 0.6 is 11.6 Å². The predicted octanol–water partition coefficient (Wildman–Crippen LogP) is 4.48. The van der Waals surface area contributed by atoms with Gasteiger partial charge < -0.3 is 10.6 Å². The molecular weight excluding hydrogens is 256 g/mol. The minimum atomic E-state index is 0.758. The summed E-state index contributed by atoms with van der Waals surface area (Å²) in [6.07, 6.45) is 0. The maximum absolute atomic E-state index is 6.08. The summed E-state index contributed by atoms with van der Waals surface area (Å²) in [7, 11) is 0. The first kappa shape index (κ1) is 13.8. The van der Waals surface area contributed by atoms with E-state index in [1.165, 1.54) is 16.8 Å². The van der Waals surface area contributed by atoms with Gasteiger partial charge >= 0.3 is 0 Å². The number of anilines is 2. The molecule has 2 aromatic carbocycles. The van der Waals surface area contributed by atoms with Crippen LogP contribution in [-0.2, 0) is 0 Å². The van der Waals surface area contributed by atoms with Crippen molar-refractivity contribution in [3.63, 3.8) is 0 Å². The van der Waals surface area contributed by atoms with Gasteiger partial charge in [-0.2, -0.15) is 0 Å². The number of nitrogens with one attached hydrogen (secondary N) is 2. The molecule has 2 nitrogen and oxygen atoms in total. The van der Waals surface area contributed by atoms with Crippen molar-refractivity contribution < 1.29 is 0 Å². The third kappa shape index (κ3) is 4.18. The summed E-state index contributed by atoms with van der Waals surface area (Å²) in [5.41, 5.74) is 4.70. The molecule has 0 amide bonds. The Hall–Kier alpha value is -1.67. The fraction of sp³-hybridized carbons (Fsp3) is 0.250. The molecule has 2 rings (SSSR count). The minimum Gasteiger partial charge on any atom is -0.383 e. The van der Waals surface area contributed by atoms with Gasteiger partial charge in [0.15, 0.2) is 0 Å². The Morgan fingerprint density at radius 3 is 2.21 bits per heavy atom. The van der Waals surface area contributed by atoms with E-state index in [2.05, 4.69) is 42.7 Å². The largest absolute Gasteiger partial charge is 0.383 e. The second kappa shape index (κ2) is 6.48. The molecule has 0 fully saturated rings. The van der Waals surface area contributed by atoms with Crippen molar-refractivity contribution >= 4 is 23.0 Å². The Bertz CT molecular complexity index is 532. The van der Waals surface area contributed by atoms with Crippen LogP contribution in [0.1, 0.15) is 11.1 Å². The van der Waals surface area contributed by atoms with E-state index in [0.717, 1.165) is 23.8 Å². The van der Waals surface area contributed by atoms with E-state index in [0.29, 0.717) is 0 Å². The molecule has 19 heavy (non-hydrogen) atoms. The molecule has 100 valence electrons. The number of halogens is 1. The van der Waals surface area contributed by atoms with Crippen molar-refractivity contribution in [2.75, 3.05) is 23.7 Å². The van der Waals surface area contributed by atoms with E-state index >= 15 is 0 Å². The van der Waals surface area contributed by atoms with E-state index < -0.39 is 0 Å². The van der Waals surface area contributed by atoms with Gasteiger partial charge in [-0.25, -0.2) is 0 Å². The SMILES string of the molecule is Cc1cc(C)cc(NCCNc2ccccc2Cl)c1. The Morgan fingerprint density at radius 2 is 1.53 bits per heavy atom. The van der Waals surface area contributed by atoms with E-state index in [9.17, 15) is 0 Å². The molecule has 0 unspecified atom stereocenters. The molecule has 0 radical (unpaired) electrons. The van der Waals surface area contributed by atoms with Crippen LogP contribution in [0.5, 0.6) is 0 Å². The summed E-state index contributed by atoms with van der Waals surface area (Å²) in [5, 5.41) is 7.49. The van der Waals surface area contributed by atoms with Gasteiger partial charge in [0.1, 0.15) is 0 Å². The number of para-hydroxylation sites is 1. The topological polar surface area (TPSA) is 24.1 Å². The number of benzene rings is 2. The third-order valence-electron chi connectivity index (χ3n) is 2.87. The average molecular weight is 275 g/mol. The Morgan fingerprint density at radius 1 is 0.895 bits per heavy atom. The lowest BCUT2D eigenvalue weighted by Crippen LogP contribution is -2.13. The number of hydrogen-bond donors (Lipinski definition) is 2. The quantitative estimate of drug-likeness (QED) is 0.786. The summed E-state index contributed by atoms with van der Waals surface area (Å²) < 4.78 is 0. The Labute approximate surface area is 119 Å². The summed E-state index contributed by atoms with van der Waals surface area (Å²) in [6, 6.07) is 14.3. The van der Waals surface area contributed by atoms with Gasteiger partial charge in [0.25, 0.3) is 0 Å². The van der Waals surface area contributed by atoms with Crippen LogP contribution < -0.4 is 10.6 Å². The van der Waals surface area contributed by atoms with Gasteiger partial charge in [0, 0.05) is 18.8 Å². The molecular formula is C16H19ClN2. The zero-order valence-corrected chi connectivity index (χ0v) is 12.1. The first-order valence-electron chi connectivity index (χ1n) is 6.46. The van der Waals surface area contributed by atoms with Gasteiger partial charge in [-0.05, 0) is 49.2 Å². The standard InChI is InChI=1S/C16H19ClN2/c1-12-9-13(2)11-14(10-12)18-7-8-19-16-6-4-3-5-15(16)17/h3-6,9-11,18-19H,7-8H2,1-2H3. The molecule has 0 saturated carbocycles. The molecule has 0 aliphatic heterocycles. The molecule has 0 aliphatic carbocycles. The third-order valence-corrected chi connectivity index (χ3v) is 3.19. The molecule has 2 aromatic rings. The number of rotatable bonds is 5. The summed E-state index contributed by atoms with van der Waals surface area (Å²) >= 11 is 6.08. The van der Waals surface area contributed by atoms with Crippen LogP contribution in [0.25, 0.3) is 0 Å². The van der Waals surface area contributed by atoms with Crippen molar-refractivity contribution in [2.45, 2.75) is 13.8 Å². The lowest BCUT2D eigenvalue weighted by molar-refractivity contribution is 1.08. The fourth-order valence-electron chi connectivity index (χ4n) is 2.09. The molecule has 0 bridgehead atoms. The van der Waals surface area contributed by atoms with Crippen LogP contribution in [0.15, 0.2) is 42.5 Å². The Balaban J connectivity index is 1.82. The molecule has 0 saturated heterocycles. The van der Waals surface area contributed by atoms with Gasteiger partial charge in [-0.15, -0.1) is 0 Å². The summed E-state index contributed by atoms with van der Waals surface area (Å²) in [4.78, 5) is 0. The highest BCUT2D eigenvalue weighted by atomic mass is 35.5. The highest BCUT2D eigenvalue weighted by Gasteiger charge is 1.98. The minimum absolute atomic E-state index is 0.758. The zero-order chi connectivity index (χ0) is 13.7. The monoisotopic (exact) mass is 274 g/mol. The number of aryl methyl sites for hydroxylation is 2. The smallest absolute Gasteiger partial charge is 0.0637 e. The van der Waals surface area contributed by atoms with Crippen LogP contribution in [-0.4, -0.2) is 13.1 Å². The van der Waals surface area contributed by atoms with E-state index in [1.807, 2.05) is 24.3 Å². The first-order valence-corrected chi connectivity index (χ1v) is 6.83. The second-order valence-electron chi connectivity index (χ2n) is 4.71. The first-order chi connectivity index (χ1) is 9.15. The van der Waals surface area contributed by atoms with Crippen molar-refractivity contribution in [2.24, 2.45) is 0 Å². The highest BCUT2D eigenvalue weighted by molar-refractivity contribution is 6.33. The average Bonchev–Trinajstić information content (AvgIpc) is 2.35. The molecule has 0 aromatic heterocycles. The fourth-order valence-corrected chi connectivity index (χ4v) is 2.29. The summed E-state index contributed by atoms with van der Waals surface area (Å²) in [5.74, 6) is 0. The second-order valence-corrected chi connectivity index (χ2v) is 5.12. The molecule has 3 heteroatoms. The van der Waals surface area contributed by atoms with Crippen LogP contribution in [0.4, 0.5) is 11.4 Å². The van der Waals surface area contributed by atoms with Crippen molar-refractivity contribution in [3.8, 4) is 0 Å². The lowest BCUT2D eigenvalue weighted by Gasteiger charge is -2.11. The maximum Gasteiger partial charge on any atom is 0.0637 e. The van der Waals surface area contributed by atoms with Gasteiger partial charge in [-0.1, -0.05) is 29.8 Å². The van der Waals surface area contributed by atoms with E-state index in [1.54, 1.807) is 0 Å². The molecule has 2 N–H and O–H groups in total. The molecule has 0 heterocycles. The maximum atomic E-state index is 6.08. The van der Waals surface area contributed by atoms with Gasteiger partial charge in [0.05, 0.1) is 10.7 Å². The van der Waals surface area contributed by atoms with Crippen LogP contribution in [0.3, 0.4) is 0 Å². The van der Waals surface area contributed by atoms with E-state index in [-0.39, 0.29) is 0 Å². The summed E-state index contributed by atoms with van der Waals surface area (Å²) in [6.45, 7) is 5.91. The van der Waals surface area contributed by atoms with E-state index in [4.69, 9.17) is 11.6 Å². The van der Waals surface area contributed by atoms with Crippen LogP contribution in [0, 0.1) is 13.8 Å². The zero-order valence-electron chi connectivity index (χ0n) is 11.3. The van der Waals surface area contributed by atoms with Gasteiger partial charge in [0.2, 0.25) is 0 Å². The van der Waals surface area contributed by atoms with Crippen molar-refractivity contribution in [1.29, 1.82) is 0 Å². The highest BCUT2D eigenvalue weighted by Crippen LogP contribution is 2.20. The molecule has 0 spiro atoms. The Kier molecular flexibility index (Phi) is 4.69. The lowest BCUT2D eigenvalue weighted by atomic mass is 10.1. The van der Waals surface area contributed by atoms with Gasteiger partial charge in [-0.3, -0.25) is 0 Å². The van der Waals surface area contributed by atoms with Crippen LogP contribution in [0.2, 0.25) is 5.02 Å². The molecule has 0 atom stereocenters. The van der Waals surface area contributed by atoms with Crippen molar-refractivity contribution in [1.82, 2.24) is 0 Å².